The standard InChI is InChI=1S/C14H13BrFNO3/c1-7-4-9(15)10(16)5-11(7)17-6-8-2-3-12(18)14(20)13(8)19/h2-5,17-20H,6H2,1H3. The second-order valence-electron chi connectivity index (χ2n) is 4.38. The smallest absolute Gasteiger partial charge is 0.200 e. The third kappa shape index (κ3) is 2.80. The van der Waals surface area contributed by atoms with Crippen molar-refractivity contribution in [2.24, 2.45) is 0 Å². The SMILES string of the molecule is Cc1cc(Br)c(F)cc1NCc1ccc(O)c(O)c1O. The summed E-state index contributed by atoms with van der Waals surface area (Å²) in [6.45, 7) is 2.00. The van der Waals surface area contributed by atoms with E-state index in [4.69, 9.17) is 0 Å². The molecule has 0 amide bonds. The van der Waals surface area contributed by atoms with Crippen LogP contribution in [0.1, 0.15) is 11.1 Å². The summed E-state index contributed by atoms with van der Waals surface area (Å²) < 4.78 is 13.9. The Morgan fingerprint density at radius 3 is 2.55 bits per heavy atom. The predicted molar refractivity (Wildman–Crippen MR) is 77.6 cm³/mol. The maximum Gasteiger partial charge on any atom is 0.200 e. The summed E-state index contributed by atoms with van der Waals surface area (Å²) in [6.07, 6.45) is 0. The molecule has 0 saturated heterocycles. The number of aryl methyl sites for hydroxylation is 1. The van der Waals surface area contributed by atoms with Crippen molar-refractivity contribution in [3.05, 3.63) is 45.7 Å². The molecule has 0 radical (unpaired) electrons. The van der Waals surface area contributed by atoms with Gasteiger partial charge in [-0.05, 0) is 52.7 Å². The van der Waals surface area contributed by atoms with Gasteiger partial charge in [0.25, 0.3) is 0 Å². The van der Waals surface area contributed by atoms with Crippen molar-refractivity contribution in [2.75, 3.05) is 5.32 Å². The number of rotatable bonds is 3. The Morgan fingerprint density at radius 2 is 1.85 bits per heavy atom. The number of nitrogens with one attached hydrogen (secondary N) is 1. The van der Waals surface area contributed by atoms with E-state index in [9.17, 15) is 19.7 Å². The molecule has 2 aromatic rings. The van der Waals surface area contributed by atoms with Crippen molar-refractivity contribution in [3.8, 4) is 17.2 Å². The molecular weight excluding hydrogens is 329 g/mol. The van der Waals surface area contributed by atoms with Gasteiger partial charge in [0.1, 0.15) is 5.82 Å². The first-order valence-electron chi connectivity index (χ1n) is 5.82. The fraction of sp³-hybridized carbons (Fsp3) is 0.143. The molecule has 106 valence electrons. The summed E-state index contributed by atoms with van der Waals surface area (Å²) in [5, 5.41) is 31.3. The molecular formula is C14H13BrFNO3. The monoisotopic (exact) mass is 341 g/mol. The van der Waals surface area contributed by atoms with Gasteiger partial charge < -0.3 is 20.6 Å². The highest BCUT2D eigenvalue weighted by Gasteiger charge is 2.11. The zero-order valence-corrected chi connectivity index (χ0v) is 12.2. The predicted octanol–water partition coefficient (Wildman–Crippen LogP) is 3.63. The van der Waals surface area contributed by atoms with Crippen LogP contribution in [0.3, 0.4) is 0 Å². The molecule has 6 heteroatoms. The summed E-state index contributed by atoms with van der Waals surface area (Å²) in [6, 6.07) is 5.74. The maximum atomic E-state index is 13.5. The fourth-order valence-corrected chi connectivity index (χ4v) is 2.24. The number of halogens is 2. The van der Waals surface area contributed by atoms with Crippen molar-refractivity contribution < 1.29 is 19.7 Å². The van der Waals surface area contributed by atoms with Gasteiger partial charge >= 0.3 is 0 Å². The Bertz CT molecular complexity index is 659. The van der Waals surface area contributed by atoms with Gasteiger partial charge in [-0.2, -0.15) is 0 Å². The number of phenolic OH excluding ortho intramolecular Hbond substituents is 3. The highest BCUT2D eigenvalue weighted by molar-refractivity contribution is 9.10. The molecule has 0 aromatic heterocycles. The lowest BCUT2D eigenvalue weighted by atomic mass is 10.1. The largest absolute Gasteiger partial charge is 0.504 e. The number of benzene rings is 2. The van der Waals surface area contributed by atoms with Crippen molar-refractivity contribution in [1.82, 2.24) is 0 Å². The molecule has 0 heterocycles. The number of hydrogen-bond acceptors (Lipinski definition) is 4. The molecule has 0 aliphatic rings. The number of phenols is 3. The van der Waals surface area contributed by atoms with Crippen molar-refractivity contribution in [2.45, 2.75) is 13.5 Å². The van der Waals surface area contributed by atoms with Gasteiger partial charge in [-0.3, -0.25) is 0 Å². The average molecular weight is 342 g/mol. The first-order chi connectivity index (χ1) is 9.40. The number of anilines is 1. The van der Waals surface area contributed by atoms with Gasteiger partial charge in [0.15, 0.2) is 11.5 Å². The van der Waals surface area contributed by atoms with Gasteiger partial charge in [-0.15, -0.1) is 0 Å². The number of hydrogen-bond donors (Lipinski definition) is 4. The lowest BCUT2D eigenvalue weighted by Crippen LogP contribution is -2.02. The van der Waals surface area contributed by atoms with E-state index in [0.29, 0.717) is 15.7 Å². The molecule has 0 aliphatic heterocycles. The molecule has 2 rings (SSSR count). The Morgan fingerprint density at radius 1 is 1.15 bits per heavy atom. The summed E-state index contributed by atoms with van der Waals surface area (Å²) in [7, 11) is 0. The Labute approximate surface area is 123 Å². The minimum absolute atomic E-state index is 0.182. The van der Waals surface area contributed by atoms with Crippen LogP contribution in [0.4, 0.5) is 10.1 Å². The van der Waals surface area contributed by atoms with E-state index in [2.05, 4.69) is 21.2 Å². The summed E-state index contributed by atoms with van der Waals surface area (Å²) >= 11 is 3.10. The molecule has 0 atom stereocenters. The minimum Gasteiger partial charge on any atom is -0.504 e. The van der Waals surface area contributed by atoms with E-state index in [-0.39, 0.29) is 6.54 Å². The highest BCUT2D eigenvalue weighted by atomic mass is 79.9. The van der Waals surface area contributed by atoms with Crippen molar-refractivity contribution in [1.29, 1.82) is 0 Å². The van der Waals surface area contributed by atoms with E-state index in [0.717, 1.165) is 5.56 Å². The molecule has 20 heavy (non-hydrogen) atoms. The van der Waals surface area contributed by atoms with Gasteiger partial charge in [0.2, 0.25) is 5.75 Å². The van der Waals surface area contributed by atoms with Crippen LogP contribution in [0.2, 0.25) is 0 Å². The lowest BCUT2D eigenvalue weighted by molar-refractivity contribution is 0.365. The van der Waals surface area contributed by atoms with Crippen molar-refractivity contribution in [3.63, 3.8) is 0 Å². The molecule has 2 aromatic carbocycles. The molecule has 4 nitrogen and oxygen atoms in total. The van der Waals surface area contributed by atoms with E-state index in [1.807, 2.05) is 6.92 Å². The van der Waals surface area contributed by atoms with E-state index < -0.39 is 23.1 Å². The molecule has 0 unspecified atom stereocenters. The molecule has 0 spiro atoms. The minimum atomic E-state index is -0.567. The van der Waals surface area contributed by atoms with Crippen LogP contribution < -0.4 is 5.32 Å². The zero-order chi connectivity index (χ0) is 14.9. The van der Waals surface area contributed by atoms with Crippen LogP contribution in [-0.4, -0.2) is 15.3 Å². The van der Waals surface area contributed by atoms with Gasteiger partial charge in [-0.25, -0.2) is 4.39 Å². The molecule has 0 saturated carbocycles. The first-order valence-corrected chi connectivity index (χ1v) is 6.61. The van der Waals surface area contributed by atoms with Crippen LogP contribution in [0.5, 0.6) is 17.2 Å². The molecule has 4 N–H and O–H groups in total. The van der Waals surface area contributed by atoms with Crippen molar-refractivity contribution >= 4 is 21.6 Å². The van der Waals surface area contributed by atoms with E-state index >= 15 is 0 Å². The summed E-state index contributed by atoms with van der Waals surface area (Å²) in [5.41, 5.74) is 1.81. The zero-order valence-electron chi connectivity index (χ0n) is 10.6. The van der Waals surface area contributed by atoms with Crippen LogP contribution in [-0.2, 0) is 6.54 Å². The number of aromatic hydroxyl groups is 3. The quantitative estimate of drug-likeness (QED) is 0.643. The third-order valence-corrected chi connectivity index (χ3v) is 3.56. The molecule has 0 fully saturated rings. The Hall–Kier alpha value is -1.95. The summed E-state index contributed by atoms with van der Waals surface area (Å²) in [4.78, 5) is 0. The fourth-order valence-electron chi connectivity index (χ4n) is 1.78. The topological polar surface area (TPSA) is 72.7 Å². The van der Waals surface area contributed by atoms with Crippen LogP contribution >= 0.6 is 15.9 Å². The lowest BCUT2D eigenvalue weighted by Gasteiger charge is -2.12. The third-order valence-electron chi connectivity index (χ3n) is 2.95. The molecule has 0 bridgehead atoms. The van der Waals surface area contributed by atoms with Gasteiger partial charge in [-0.1, -0.05) is 0 Å². The Kier molecular flexibility index (Phi) is 4.04. The maximum absolute atomic E-state index is 13.5. The normalized spacial score (nSPS) is 10.6. The highest BCUT2D eigenvalue weighted by Crippen LogP contribution is 2.37. The average Bonchev–Trinajstić information content (AvgIpc) is 2.40. The first kappa shape index (κ1) is 14.5. The van der Waals surface area contributed by atoms with Crippen LogP contribution in [0, 0.1) is 12.7 Å². The second kappa shape index (κ2) is 5.58. The van der Waals surface area contributed by atoms with Crippen LogP contribution in [0.15, 0.2) is 28.7 Å². The van der Waals surface area contributed by atoms with Crippen LogP contribution in [0.25, 0.3) is 0 Å². The van der Waals surface area contributed by atoms with Gasteiger partial charge in [0, 0.05) is 17.8 Å². The summed E-state index contributed by atoms with van der Waals surface area (Å²) in [5.74, 6) is -1.75. The second-order valence-corrected chi connectivity index (χ2v) is 5.23. The van der Waals surface area contributed by atoms with E-state index in [1.54, 1.807) is 6.07 Å². The van der Waals surface area contributed by atoms with E-state index in [1.165, 1.54) is 18.2 Å². The molecule has 0 aliphatic carbocycles. The van der Waals surface area contributed by atoms with Gasteiger partial charge in [0.05, 0.1) is 4.47 Å². The Balaban J connectivity index is 2.21.